The summed E-state index contributed by atoms with van der Waals surface area (Å²) in [6.07, 6.45) is 7.64. The molecule has 0 fully saturated rings. The Kier molecular flexibility index (Phi) is 5.86. The zero-order chi connectivity index (χ0) is 13.5. The second-order valence-electron chi connectivity index (χ2n) is 4.91. The van der Waals surface area contributed by atoms with Gasteiger partial charge in [-0.2, -0.15) is 0 Å². The molecule has 106 valence electrons. The fraction of sp³-hybridized carbons (Fsp3) is 0.714. The molecule has 1 aliphatic rings. The number of anilines is 1. The Balaban J connectivity index is 2.02. The van der Waals surface area contributed by atoms with Crippen LogP contribution in [-0.4, -0.2) is 42.7 Å². The Morgan fingerprint density at radius 1 is 1.21 bits per heavy atom. The first-order chi connectivity index (χ1) is 9.33. The highest BCUT2D eigenvalue weighted by atomic mass is 35.5. The largest absolute Gasteiger partial charge is 0.378 e. The third-order valence-electron chi connectivity index (χ3n) is 3.51. The van der Waals surface area contributed by atoms with Crippen molar-refractivity contribution in [2.45, 2.75) is 32.1 Å². The summed E-state index contributed by atoms with van der Waals surface area (Å²) in [7, 11) is 2.07. The molecule has 4 nitrogen and oxygen atoms in total. The summed E-state index contributed by atoms with van der Waals surface area (Å²) in [6.45, 7) is 2.12. The van der Waals surface area contributed by atoms with Crippen LogP contribution in [-0.2, 0) is 17.6 Å². The molecule has 5 heteroatoms. The number of halogens is 1. The van der Waals surface area contributed by atoms with Crippen LogP contribution in [0.25, 0.3) is 0 Å². The second kappa shape index (κ2) is 7.65. The van der Waals surface area contributed by atoms with Crippen LogP contribution < -0.4 is 4.90 Å². The number of likely N-dealkylation sites (N-methyl/N-ethyl adjacent to an activating group) is 1. The molecule has 0 N–H and O–H groups in total. The summed E-state index contributed by atoms with van der Waals surface area (Å²) in [5.41, 5.74) is 2.57. The van der Waals surface area contributed by atoms with Crippen molar-refractivity contribution in [3.8, 4) is 0 Å². The number of aromatic nitrogens is 2. The van der Waals surface area contributed by atoms with E-state index in [0.29, 0.717) is 19.1 Å². The first kappa shape index (κ1) is 14.5. The normalized spacial score (nSPS) is 14.8. The standard InChI is InChI=1S/C14H22ClN3O/c1-18(8-10-19-9-7-15)14-12-5-3-2-4-6-13(12)16-11-17-14/h11H,2-10H2,1H3. The van der Waals surface area contributed by atoms with Crippen LogP contribution in [0.5, 0.6) is 0 Å². The quantitative estimate of drug-likeness (QED) is 0.457. The second-order valence-corrected chi connectivity index (χ2v) is 5.28. The number of rotatable bonds is 6. The molecule has 0 aromatic carbocycles. The van der Waals surface area contributed by atoms with Crippen molar-refractivity contribution in [3.63, 3.8) is 0 Å². The van der Waals surface area contributed by atoms with Gasteiger partial charge in [-0.15, -0.1) is 11.6 Å². The van der Waals surface area contributed by atoms with Gasteiger partial charge in [0.25, 0.3) is 0 Å². The average molecular weight is 284 g/mol. The van der Waals surface area contributed by atoms with Crippen LogP contribution in [0.15, 0.2) is 6.33 Å². The maximum Gasteiger partial charge on any atom is 0.135 e. The molecule has 2 rings (SSSR count). The van der Waals surface area contributed by atoms with Crippen molar-refractivity contribution in [2.24, 2.45) is 0 Å². The van der Waals surface area contributed by atoms with Gasteiger partial charge < -0.3 is 9.64 Å². The molecular weight excluding hydrogens is 262 g/mol. The Labute approximate surface area is 120 Å². The third kappa shape index (κ3) is 4.05. The van der Waals surface area contributed by atoms with Crippen molar-refractivity contribution in [1.29, 1.82) is 0 Å². The maximum atomic E-state index is 5.59. The number of hydrogen-bond acceptors (Lipinski definition) is 4. The zero-order valence-corrected chi connectivity index (χ0v) is 12.3. The topological polar surface area (TPSA) is 38.2 Å². The molecule has 1 aromatic heterocycles. The zero-order valence-electron chi connectivity index (χ0n) is 11.6. The van der Waals surface area contributed by atoms with Gasteiger partial charge in [0.2, 0.25) is 0 Å². The van der Waals surface area contributed by atoms with E-state index in [0.717, 1.165) is 25.2 Å². The molecule has 1 aromatic rings. The molecule has 0 spiro atoms. The molecule has 0 bridgehead atoms. The minimum atomic E-state index is 0.548. The van der Waals surface area contributed by atoms with Gasteiger partial charge in [-0.1, -0.05) is 6.42 Å². The summed E-state index contributed by atoms with van der Waals surface area (Å²) in [4.78, 5) is 11.1. The summed E-state index contributed by atoms with van der Waals surface area (Å²) in [5.74, 6) is 1.62. The van der Waals surface area contributed by atoms with Gasteiger partial charge in [0.05, 0.1) is 13.2 Å². The van der Waals surface area contributed by atoms with Crippen LogP contribution in [0, 0.1) is 0 Å². The van der Waals surface area contributed by atoms with Gasteiger partial charge in [0, 0.05) is 30.7 Å². The molecule has 1 heterocycles. The highest BCUT2D eigenvalue weighted by Gasteiger charge is 2.16. The molecular formula is C14H22ClN3O. The number of aryl methyl sites for hydroxylation is 1. The van der Waals surface area contributed by atoms with E-state index in [9.17, 15) is 0 Å². The molecule has 0 unspecified atom stereocenters. The van der Waals surface area contributed by atoms with E-state index in [-0.39, 0.29) is 0 Å². The fourth-order valence-electron chi connectivity index (χ4n) is 2.47. The van der Waals surface area contributed by atoms with Crippen molar-refractivity contribution < 1.29 is 4.74 Å². The maximum absolute atomic E-state index is 5.59. The fourth-order valence-corrected chi connectivity index (χ4v) is 2.58. The smallest absolute Gasteiger partial charge is 0.135 e. The summed E-state index contributed by atoms with van der Waals surface area (Å²) < 4.78 is 5.43. The number of alkyl halides is 1. The lowest BCUT2D eigenvalue weighted by Gasteiger charge is -2.21. The number of nitrogens with zero attached hydrogens (tertiary/aromatic N) is 3. The summed E-state index contributed by atoms with van der Waals surface area (Å²) in [5, 5.41) is 0. The molecule has 0 atom stereocenters. The number of ether oxygens (including phenoxy) is 1. The van der Waals surface area contributed by atoms with Crippen LogP contribution in [0.3, 0.4) is 0 Å². The lowest BCUT2D eigenvalue weighted by atomic mass is 10.1. The average Bonchev–Trinajstić information content (AvgIpc) is 2.68. The van der Waals surface area contributed by atoms with Crippen LogP contribution >= 0.6 is 11.6 Å². The highest BCUT2D eigenvalue weighted by molar-refractivity contribution is 6.17. The molecule has 1 aliphatic carbocycles. The predicted octanol–water partition coefficient (Wildman–Crippen LogP) is 2.44. The minimum absolute atomic E-state index is 0.548. The predicted molar refractivity (Wildman–Crippen MR) is 78.1 cm³/mol. The van der Waals surface area contributed by atoms with Gasteiger partial charge in [0.1, 0.15) is 12.1 Å². The third-order valence-corrected chi connectivity index (χ3v) is 3.66. The van der Waals surface area contributed by atoms with Gasteiger partial charge in [0.15, 0.2) is 0 Å². The van der Waals surface area contributed by atoms with Crippen molar-refractivity contribution in [2.75, 3.05) is 37.6 Å². The number of fused-ring (bicyclic) bond motifs is 1. The molecule has 0 radical (unpaired) electrons. The Morgan fingerprint density at radius 2 is 2.05 bits per heavy atom. The van der Waals surface area contributed by atoms with E-state index >= 15 is 0 Å². The SMILES string of the molecule is CN(CCOCCCl)c1ncnc2c1CCCCC2. The van der Waals surface area contributed by atoms with Crippen molar-refractivity contribution >= 4 is 17.4 Å². The van der Waals surface area contributed by atoms with E-state index in [2.05, 4.69) is 21.9 Å². The molecule has 0 amide bonds. The van der Waals surface area contributed by atoms with Crippen LogP contribution in [0.1, 0.15) is 30.5 Å². The Bertz CT molecular complexity index is 400. The Morgan fingerprint density at radius 3 is 2.89 bits per heavy atom. The molecule has 0 saturated carbocycles. The van der Waals surface area contributed by atoms with E-state index < -0.39 is 0 Å². The van der Waals surface area contributed by atoms with E-state index in [1.165, 1.54) is 30.5 Å². The molecule has 19 heavy (non-hydrogen) atoms. The first-order valence-corrected chi connectivity index (χ1v) is 7.54. The number of hydrogen-bond donors (Lipinski definition) is 0. The van der Waals surface area contributed by atoms with Crippen molar-refractivity contribution in [1.82, 2.24) is 9.97 Å². The molecule has 0 aliphatic heterocycles. The minimum Gasteiger partial charge on any atom is -0.378 e. The van der Waals surface area contributed by atoms with Crippen LogP contribution in [0.2, 0.25) is 0 Å². The van der Waals surface area contributed by atoms with Gasteiger partial charge in [-0.25, -0.2) is 9.97 Å². The van der Waals surface area contributed by atoms with E-state index in [1.807, 2.05) is 0 Å². The summed E-state index contributed by atoms with van der Waals surface area (Å²) in [6, 6.07) is 0. The van der Waals surface area contributed by atoms with Crippen LogP contribution in [0.4, 0.5) is 5.82 Å². The lowest BCUT2D eigenvalue weighted by Crippen LogP contribution is -2.25. The van der Waals surface area contributed by atoms with Gasteiger partial charge in [-0.3, -0.25) is 0 Å². The van der Waals surface area contributed by atoms with E-state index in [4.69, 9.17) is 16.3 Å². The summed E-state index contributed by atoms with van der Waals surface area (Å²) >= 11 is 5.59. The highest BCUT2D eigenvalue weighted by Crippen LogP contribution is 2.25. The molecule has 0 saturated heterocycles. The van der Waals surface area contributed by atoms with Gasteiger partial charge in [-0.05, 0) is 25.7 Å². The Hall–Kier alpha value is -0.870. The first-order valence-electron chi connectivity index (χ1n) is 7.00. The van der Waals surface area contributed by atoms with E-state index in [1.54, 1.807) is 6.33 Å². The van der Waals surface area contributed by atoms with Crippen molar-refractivity contribution in [3.05, 3.63) is 17.6 Å². The monoisotopic (exact) mass is 283 g/mol. The van der Waals surface area contributed by atoms with Gasteiger partial charge >= 0.3 is 0 Å². The lowest BCUT2D eigenvalue weighted by molar-refractivity contribution is 0.156.